The average molecular weight is 573 g/mol. The first-order valence-electron chi connectivity index (χ1n) is 14.0. The number of methoxy groups -OCH3 is 3. The molecule has 0 saturated carbocycles. The highest BCUT2D eigenvalue weighted by molar-refractivity contribution is 5.91. The lowest BCUT2D eigenvalue weighted by molar-refractivity contribution is 0.000106. The SMILES string of the molecule is COC(=O)c1ccc2c(c1)COc1cc(COC(c3ccccc3)(c3ccc(OC)cc3)c3ccc(OC)cc3)ccc1-2. The molecule has 0 unspecified atom stereocenters. The van der Waals surface area contributed by atoms with E-state index in [9.17, 15) is 4.79 Å². The quantitative estimate of drug-likeness (QED) is 0.134. The van der Waals surface area contributed by atoms with Crippen molar-refractivity contribution in [1.29, 1.82) is 0 Å². The predicted molar refractivity (Wildman–Crippen MR) is 165 cm³/mol. The molecular weight excluding hydrogens is 540 g/mol. The van der Waals surface area contributed by atoms with E-state index in [1.54, 1.807) is 20.3 Å². The Kier molecular flexibility index (Phi) is 7.86. The van der Waals surface area contributed by atoms with Gasteiger partial charge in [-0.25, -0.2) is 4.79 Å². The number of carbonyl (C=O) groups is 1. The summed E-state index contributed by atoms with van der Waals surface area (Å²) in [5, 5.41) is 0. The molecule has 0 N–H and O–H groups in total. The van der Waals surface area contributed by atoms with Gasteiger partial charge in [0.25, 0.3) is 0 Å². The Hall–Kier alpha value is -5.07. The van der Waals surface area contributed by atoms with E-state index in [1.807, 2.05) is 84.9 Å². The van der Waals surface area contributed by atoms with Crippen molar-refractivity contribution in [3.8, 4) is 28.4 Å². The topological polar surface area (TPSA) is 63.2 Å². The zero-order chi connectivity index (χ0) is 29.8. The second kappa shape index (κ2) is 12.0. The molecule has 0 atom stereocenters. The summed E-state index contributed by atoms with van der Waals surface area (Å²) in [6.45, 7) is 0.681. The van der Waals surface area contributed by atoms with E-state index in [4.69, 9.17) is 23.7 Å². The average Bonchev–Trinajstić information content (AvgIpc) is 3.08. The van der Waals surface area contributed by atoms with Crippen LogP contribution in [0.3, 0.4) is 0 Å². The molecule has 0 fully saturated rings. The minimum absolute atomic E-state index is 0.317. The number of rotatable bonds is 9. The fourth-order valence-corrected chi connectivity index (χ4v) is 5.64. The lowest BCUT2D eigenvalue weighted by atomic mass is 9.80. The molecule has 0 amide bonds. The van der Waals surface area contributed by atoms with Crippen LogP contribution in [0, 0.1) is 0 Å². The van der Waals surface area contributed by atoms with Crippen molar-refractivity contribution in [3.05, 3.63) is 149 Å². The summed E-state index contributed by atoms with van der Waals surface area (Å²) in [5.41, 5.74) is 6.44. The maximum Gasteiger partial charge on any atom is 0.337 e. The van der Waals surface area contributed by atoms with Crippen LogP contribution in [0.15, 0.2) is 115 Å². The summed E-state index contributed by atoms with van der Waals surface area (Å²) >= 11 is 0. The van der Waals surface area contributed by atoms with Gasteiger partial charge in [-0.3, -0.25) is 0 Å². The van der Waals surface area contributed by atoms with Gasteiger partial charge in [-0.05, 0) is 75.8 Å². The third-order valence-electron chi connectivity index (χ3n) is 7.87. The molecule has 0 saturated heterocycles. The van der Waals surface area contributed by atoms with Crippen LogP contribution in [0.1, 0.15) is 38.2 Å². The molecule has 6 nitrogen and oxygen atoms in total. The Morgan fingerprint density at radius 1 is 0.698 bits per heavy atom. The number of hydrogen-bond donors (Lipinski definition) is 0. The third-order valence-corrected chi connectivity index (χ3v) is 7.87. The molecule has 1 aliphatic rings. The van der Waals surface area contributed by atoms with Crippen LogP contribution < -0.4 is 14.2 Å². The Morgan fingerprint density at radius 2 is 1.30 bits per heavy atom. The van der Waals surface area contributed by atoms with Crippen LogP contribution in [0.25, 0.3) is 11.1 Å². The molecule has 5 aromatic carbocycles. The van der Waals surface area contributed by atoms with Gasteiger partial charge in [-0.2, -0.15) is 0 Å². The van der Waals surface area contributed by atoms with Gasteiger partial charge < -0.3 is 23.7 Å². The second-order valence-electron chi connectivity index (χ2n) is 10.3. The van der Waals surface area contributed by atoms with Gasteiger partial charge in [0.05, 0.1) is 33.5 Å². The Balaban J connectivity index is 1.39. The minimum Gasteiger partial charge on any atom is -0.497 e. The molecule has 0 aliphatic carbocycles. The summed E-state index contributed by atoms with van der Waals surface area (Å²) in [7, 11) is 4.70. The van der Waals surface area contributed by atoms with E-state index in [-0.39, 0.29) is 5.97 Å². The first-order valence-corrected chi connectivity index (χ1v) is 14.0. The molecule has 216 valence electrons. The van der Waals surface area contributed by atoms with Crippen molar-refractivity contribution in [3.63, 3.8) is 0 Å². The fraction of sp³-hybridized carbons (Fsp3) is 0.162. The minimum atomic E-state index is -0.923. The summed E-state index contributed by atoms with van der Waals surface area (Å²) in [4.78, 5) is 12.0. The summed E-state index contributed by atoms with van der Waals surface area (Å²) in [6, 6.07) is 37.9. The van der Waals surface area contributed by atoms with E-state index in [0.29, 0.717) is 18.8 Å². The van der Waals surface area contributed by atoms with Crippen LogP contribution >= 0.6 is 0 Å². The highest BCUT2D eigenvalue weighted by Crippen LogP contribution is 2.43. The monoisotopic (exact) mass is 572 g/mol. The molecule has 0 bridgehead atoms. The molecule has 5 aromatic rings. The molecule has 6 heteroatoms. The predicted octanol–water partition coefficient (Wildman–Crippen LogP) is 7.56. The second-order valence-corrected chi connectivity index (χ2v) is 10.3. The fourth-order valence-electron chi connectivity index (χ4n) is 5.64. The highest BCUT2D eigenvalue weighted by Gasteiger charge is 2.38. The summed E-state index contributed by atoms with van der Waals surface area (Å²) in [5.74, 6) is 1.95. The number of benzene rings is 5. The van der Waals surface area contributed by atoms with E-state index in [1.165, 1.54) is 7.11 Å². The van der Waals surface area contributed by atoms with Gasteiger partial charge in [0.2, 0.25) is 0 Å². The molecule has 1 heterocycles. The maximum atomic E-state index is 12.0. The largest absolute Gasteiger partial charge is 0.497 e. The van der Waals surface area contributed by atoms with Crippen molar-refractivity contribution in [2.75, 3.05) is 21.3 Å². The zero-order valence-electron chi connectivity index (χ0n) is 24.3. The van der Waals surface area contributed by atoms with Crippen LogP contribution in [-0.4, -0.2) is 27.3 Å². The van der Waals surface area contributed by atoms with Gasteiger partial charge in [0, 0.05) is 5.56 Å². The number of hydrogen-bond acceptors (Lipinski definition) is 6. The first kappa shape index (κ1) is 28.1. The van der Waals surface area contributed by atoms with E-state index in [2.05, 4.69) is 24.3 Å². The Morgan fingerprint density at radius 3 is 1.91 bits per heavy atom. The number of ether oxygens (including phenoxy) is 5. The van der Waals surface area contributed by atoms with Crippen LogP contribution in [-0.2, 0) is 28.3 Å². The van der Waals surface area contributed by atoms with Crippen LogP contribution in [0.2, 0.25) is 0 Å². The van der Waals surface area contributed by atoms with Crippen molar-refractivity contribution < 1.29 is 28.5 Å². The van der Waals surface area contributed by atoms with Crippen LogP contribution in [0.4, 0.5) is 0 Å². The van der Waals surface area contributed by atoms with Gasteiger partial charge in [-0.1, -0.05) is 72.8 Å². The lowest BCUT2D eigenvalue weighted by Crippen LogP contribution is -2.32. The van der Waals surface area contributed by atoms with Crippen LogP contribution in [0.5, 0.6) is 17.2 Å². The zero-order valence-corrected chi connectivity index (χ0v) is 24.3. The normalized spacial score (nSPS) is 12.0. The molecule has 0 aromatic heterocycles. The van der Waals surface area contributed by atoms with Crippen molar-refractivity contribution in [2.24, 2.45) is 0 Å². The molecule has 1 aliphatic heterocycles. The lowest BCUT2D eigenvalue weighted by Gasteiger charge is -2.36. The van der Waals surface area contributed by atoms with Gasteiger partial charge in [-0.15, -0.1) is 0 Å². The Bertz CT molecular complexity index is 1680. The molecular formula is C37H32O6. The maximum absolute atomic E-state index is 12.0. The molecule has 0 radical (unpaired) electrons. The highest BCUT2D eigenvalue weighted by atomic mass is 16.5. The van der Waals surface area contributed by atoms with Crippen molar-refractivity contribution in [1.82, 2.24) is 0 Å². The first-order chi connectivity index (χ1) is 21.0. The van der Waals surface area contributed by atoms with E-state index < -0.39 is 5.60 Å². The van der Waals surface area contributed by atoms with E-state index in [0.717, 1.165) is 56.2 Å². The number of esters is 1. The third kappa shape index (κ3) is 5.33. The number of fused-ring (bicyclic) bond motifs is 3. The van der Waals surface area contributed by atoms with Crippen molar-refractivity contribution in [2.45, 2.75) is 18.8 Å². The summed E-state index contributed by atoms with van der Waals surface area (Å²) < 4.78 is 29.0. The van der Waals surface area contributed by atoms with Gasteiger partial charge in [0.1, 0.15) is 29.5 Å². The summed E-state index contributed by atoms with van der Waals surface area (Å²) in [6.07, 6.45) is 0. The number of carbonyl (C=O) groups excluding carboxylic acids is 1. The standard InChI is InChI=1S/C37H32O6/c1-39-31-15-11-29(12-16-31)37(28-7-5-4-6-8-28,30-13-17-32(40-2)18-14-30)43-23-25-9-19-34-33-20-10-26(36(38)41-3)22-27(33)24-42-35(34)21-25/h4-22H,23-24H2,1-3H3. The van der Waals surface area contributed by atoms with Crippen molar-refractivity contribution >= 4 is 5.97 Å². The van der Waals surface area contributed by atoms with Gasteiger partial charge >= 0.3 is 5.97 Å². The van der Waals surface area contributed by atoms with Gasteiger partial charge in [0.15, 0.2) is 0 Å². The molecule has 43 heavy (non-hydrogen) atoms. The Labute approximate surface area is 251 Å². The molecule has 0 spiro atoms. The molecule has 6 rings (SSSR count). The smallest absolute Gasteiger partial charge is 0.337 e. The van der Waals surface area contributed by atoms with E-state index >= 15 is 0 Å².